The van der Waals surface area contributed by atoms with E-state index in [9.17, 15) is 4.79 Å². The van der Waals surface area contributed by atoms with Crippen LogP contribution >= 0.6 is 34.5 Å². The number of para-hydroxylation sites is 1. The zero-order valence-electron chi connectivity index (χ0n) is 14.9. The summed E-state index contributed by atoms with van der Waals surface area (Å²) in [5, 5.41) is 4.47. The van der Waals surface area contributed by atoms with E-state index in [0.29, 0.717) is 21.1 Å². The van der Waals surface area contributed by atoms with Gasteiger partial charge < -0.3 is 4.74 Å². The number of hydrogen-bond donors (Lipinski definition) is 0. The van der Waals surface area contributed by atoms with Gasteiger partial charge in [0.1, 0.15) is 10.2 Å². The van der Waals surface area contributed by atoms with E-state index in [1.54, 1.807) is 7.11 Å². The molecule has 2 atom stereocenters. The summed E-state index contributed by atoms with van der Waals surface area (Å²) >= 11 is 13.0. The minimum atomic E-state index is -0.180. The maximum Gasteiger partial charge on any atom is 0.291 e. The topological polar surface area (TPSA) is 56.5 Å². The first kappa shape index (κ1) is 18.5. The Bertz CT molecular complexity index is 1160. The number of fused-ring (bicyclic) bond motifs is 1. The van der Waals surface area contributed by atoms with Gasteiger partial charge in [-0.15, -0.1) is 5.10 Å². The van der Waals surface area contributed by atoms with Crippen LogP contribution in [0.4, 0.5) is 0 Å². The molecule has 2 heterocycles. The van der Waals surface area contributed by atoms with E-state index < -0.39 is 0 Å². The molecule has 0 bridgehead atoms. The van der Waals surface area contributed by atoms with E-state index in [0.717, 1.165) is 5.56 Å². The Hall–Kier alpha value is -1.89. The monoisotopic (exact) mass is 421 g/mol. The van der Waals surface area contributed by atoms with E-state index in [1.165, 1.54) is 15.9 Å². The SMILES string of the molecule is COc1ccccc1/C=c1/sc2nc(C3C(C=C(Cl)Cl)C3(C)C)nn2c1=O. The van der Waals surface area contributed by atoms with E-state index in [4.69, 9.17) is 27.9 Å². The van der Waals surface area contributed by atoms with Gasteiger partial charge in [-0.05, 0) is 29.6 Å². The van der Waals surface area contributed by atoms with Crippen molar-refractivity contribution in [3.05, 3.63) is 61.1 Å². The van der Waals surface area contributed by atoms with Crippen molar-refractivity contribution in [3.8, 4) is 5.75 Å². The second-order valence-electron chi connectivity index (χ2n) is 7.10. The normalized spacial score (nSPS) is 21.4. The van der Waals surface area contributed by atoms with Crippen LogP contribution in [0.3, 0.4) is 0 Å². The van der Waals surface area contributed by atoms with Gasteiger partial charge in [-0.2, -0.15) is 4.52 Å². The number of hydrogen-bond acceptors (Lipinski definition) is 5. The quantitative estimate of drug-likeness (QED) is 0.643. The first-order valence-corrected chi connectivity index (χ1v) is 9.97. The Morgan fingerprint density at radius 3 is 2.74 bits per heavy atom. The Labute approximate surface area is 169 Å². The number of thiazole rings is 1. The molecule has 1 aliphatic rings. The predicted octanol–water partition coefficient (Wildman–Crippen LogP) is 3.77. The molecular weight excluding hydrogens is 405 g/mol. The third-order valence-electron chi connectivity index (χ3n) is 5.12. The highest BCUT2D eigenvalue weighted by atomic mass is 35.5. The Kier molecular flexibility index (Phi) is 4.53. The molecule has 2 unspecified atom stereocenters. The average molecular weight is 422 g/mol. The van der Waals surface area contributed by atoms with Crippen molar-refractivity contribution < 1.29 is 4.74 Å². The summed E-state index contributed by atoms with van der Waals surface area (Å²) in [4.78, 5) is 17.9. The van der Waals surface area contributed by atoms with Gasteiger partial charge in [0.15, 0.2) is 5.82 Å². The fourth-order valence-electron chi connectivity index (χ4n) is 3.53. The summed E-state index contributed by atoms with van der Waals surface area (Å²) in [6.07, 6.45) is 3.63. The van der Waals surface area contributed by atoms with Gasteiger partial charge in [0.25, 0.3) is 5.56 Å². The molecule has 0 radical (unpaired) electrons. The second-order valence-corrected chi connectivity index (χ2v) is 9.12. The van der Waals surface area contributed by atoms with Gasteiger partial charge in [0, 0.05) is 11.5 Å². The molecule has 0 aliphatic heterocycles. The van der Waals surface area contributed by atoms with Gasteiger partial charge in [-0.3, -0.25) is 4.79 Å². The number of aromatic nitrogens is 3. The molecule has 0 saturated heterocycles. The lowest BCUT2D eigenvalue weighted by atomic mass is 10.1. The zero-order chi connectivity index (χ0) is 19.3. The first-order valence-electron chi connectivity index (χ1n) is 8.40. The van der Waals surface area contributed by atoms with Crippen molar-refractivity contribution in [2.24, 2.45) is 11.3 Å². The van der Waals surface area contributed by atoms with Gasteiger partial charge in [-0.25, -0.2) is 4.98 Å². The van der Waals surface area contributed by atoms with Crippen LogP contribution in [-0.4, -0.2) is 21.7 Å². The highest BCUT2D eigenvalue weighted by Gasteiger charge is 2.59. The van der Waals surface area contributed by atoms with E-state index >= 15 is 0 Å². The van der Waals surface area contributed by atoms with Crippen LogP contribution in [-0.2, 0) is 0 Å². The number of halogens is 2. The van der Waals surface area contributed by atoms with Crippen LogP contribution in [0.5, 0.6) is 5.75 Å². The summed E-state index contributed by atoms with van der Waals surface area (Å²) in [5.74, 6) is 1.62. The second kappa shape index (κ2) is 6.62. The Morgan fingerprint density at radius 1 is 1.33 bits per heavy atom. The predicted molar refractivity (Wildman–Crippen MR) is 109 cm³/mol. The smallest absolute Gasteiger partial charge is 0.291 e. The molecule has 0 N–H and O–H groups in total. The molecule has 1 saturated carbocycles. The summed E-state index contributed by atoms with van der Waals surface area (Å²) < 4.78 is 7.53. The molecule has 1 aromatic carbocycles. The summed E-state index contributed by atoms with van der Waals surface area (Å²) in [7, 11) is 1.61. The van der Waals surface area contributed by atoms with Crippen LogP contribution in [0, 0.1) is 11.3 Å². The lowest BCUT2D eigenvalue weighted by molar-refractivity contribution is 0.414. The van der Waals surface area contributed by atoms with Crippen LogP contribution < -0.4 is 14.8 Å². The molecule has 0 spiro atoms. The molecule has 1 fully saturated rings. The van der Waals surface area contributed by atoms with Crippen LogP contribution in [0.2, 0.25) is 0 Å². The van der Waals surface area contributed by atoms with Crippen molar-refractivity contribution >= 4 is 45.6 Å². The molecule has 5 nitrogen and oxygen atoms in total. The number of ether oxygens (including phenoxy) is 1. The lowest BCUT2D eigenvalue weighted by Crippen LogP contribution is -2.23. The van der Waals surface area contributed by atoms with Gasteiger partial charge in [0.2, 0.25) is 4.96 Å². The maximum atomic E-state index is 12.8. The van der Waals surface area contributed by atoms with Gasteiger partial charge in [0.05, 0.1) is 11.6 Å². The van der Waals surface area contributed by atoms with Crippen molar-refractivity contribution in [3.63, 3.8) is 0 Å². The van der Waals surface area contributed by atoms with Gasteiger partial charge >= 0.3 is 0 Å². The maximum absolute atomic E-state index is 12.8. The number of methoxy groups -OCH3 is 1. The lowest BCUT2D eigenvalue weighted by Gasteiger charge is -2.02. The summed E-state index contributed by atoms with van der Waals surface area (Å²) in [6, 6.07) is 7.55. The molecule has 1 aliphatic carbocycles. The van der Waals surface area contributed by atoms with Gasteiger partial charge in [-0.1, -0.05) is 66.6 Å². The van der Waals surface area contributed by atoms with E-state index in [-0.39, 0.29) is 27.3 Å². The molecule has 27 heavy (non-hydrogen) atoms. The van der Waals surface area contributed by atoms with Crippen LogP contribution in [0.1, 0.15) is 31.2 Å². The van der Waals surface area contributed by atoms with Crippen LogP contribution in [0.15, 0.2) is 39.6 Å². The third kappa shape index (κ3) is 3.16. The molecule has 3 aromatic rings. The molecule has 2 aromatic heterocycles. The zero-order valence-corrected chi connectivity index (χ0v) is 17.3. The van der Waals surface area contributed by atoms with Crippen molar-refractivity contribution in [2.75, 3.05) is 7.11 Å². The number of benzene rings is 1. The third-order valence-corrected chi connectivity index (χ3v) is 6.33. The highest BCUT2D eigenvalue weighted by Crippen LogP contribution is 2.64. The average Bonchev–Trinajstić information content (AvgIpc) is 2.90. The minimum Gasteiger partial charge on any atom is -0.496 e. The standard InChI is InChI=1S/C19H17Cl2N3O2S/c1-19(2)11(9-14(20)21)15(19)16-22-18-24(23-16)17(25)13(27-18)8-10-6-4-5-7-12(10)26-3/h4-9,11,15H,1-3H3/b13-8+. The number of rotatable bonds is 4. The number of nitrogens with zero attached hydrogens (tertiary/aromatic N) is 3. The van der Waals surface area contributed by atoms with Crippen molar-refractivity contribution in [1.29, 1.82) is 0 Å². The molecule has 8 heteroatoms. The Morgan fingerprint density at radius 2 is 2.07 bits per heavy atom. The van der Waals surface area contributed by atoms with Crippen LogP contribution in [0.25, 0.3) is 11.0 Å². The fourth-order valence-corrected chi connectivity index (χ4v) is 4.70. The fraction of sp³-hybridized carbons (Fsp3) is 0.316. The minimum absolute atomic E-state index is 0.0402. The molecule has 0 amide bonds. The largest absolute Gasteiger partial charge is 0.496 e. The van der Waals surface area contributed by atoms with Crippen molar-refractivity contribution in [2.45, 2.75) is 19.8 Å². The van der Waals surface area contributed by atoms with E-state index in [2.05, 4.69) is 23.9 Å². The number of allylic oxidation sites excluding steroid dienone is 1. The highest BCUT2D eigenvalue weighted by molar-refractivity contribution is 7.15. The van der Waals surface area contributed by atoms with E-state index in [1.807, 2.05) is 36.4 Å². The summed E-state index contributed by atoms with van der Waals surface area (Å²) in [6.45, 7) is 4.23. The summed E-state index contributed by atoms with van der Waals surface area (Å²) in [5.41, 5.74) is 0.620. The first-order chi connectivity index (χ1) is 12.8. The van der Waals surface area contributed by atoms with Crippen molar-refractivity contribution in [1.82, 2.24) is 14.6 Å². The molecular formula is C19H17Cl2N3O2S. The molecule has 140 valence electrons. The molecule has 4 rings (SSSR count). The Balaban J connectivity index is 1.74.